The molecule has 1 aliphatic carbocycles. The van der Waals surface area contributed by atoms with E-state index >= 15 is 0 Å². The fourth-order valence-corrected chi connectivity index (χ4v) is 3.00. The molecule has 0 N–H and O–H groups in total. The molecule has 108 valence electrons. The van der Waals surface area contributed by atoms with E-state index in [-0.39, 0.29) is 12.2 Å². The molecule has 1 saturated heterocycles. The van der Waals surface area contributed by atoms with Crippen LogP contribution in [0.2, 0.25) is 0 Å². The number of carbonyl (C=O) groups excluding carboxylic acids is 1. The Bertz CT molecular complexity index is 335. The average Bonchev–Trinajstić information content (AvgIpc) is 2.84. The summed E-state index contributed by atoms with van der Waals surface area (Å²) in [5, 5.41) is 0. The first-order valence-corrected chi connectivity index (χ1v) is 7.20. The summed E-state index contributed by atoms with van der Waals surface area (Å²) >= 11 is 0. The van der Waals surface area contributed by atoms with E-state index in [4.69, 9.17) is 14.2 Å². The van der Waals surface area contributed by atoms with Crippen molar-refractivity contribution in [2.45, 2.75) is 63.9 Å². The zero-order chi connectivity index (χ0) is 13.9. The van der Waals surface area contributed by atoms with Crippen LogP contribution in [0, 0.1) is 5.92 Å². The lowest BCUT2D eigenvalue weighted by Gasteiger charge is -2.35. The summed E-state index contributed by atoms with van der Waals surface area (Å²) in [5.41, 5.74) is 0. The predicted molar refractivity (Wildman–Crippen MR) is 71.6 cm³/mol. The molecule has 0 radical (unpaired) electrons. The highest BCUT2D eigenvalue weighted by Gasteiger charge is 2.46. The third kappa shape index (κ3) is 3.37. The second kappa shape index (κ2) is 6.06. The first-order chi connectivity index (χ1) is 9.05. The fraction of sp³-hybridized carbons (Fsp3) is 0.800. The number of hydrogen-bond donors (Lipinski definition) is 0. The van der Waals surface area contributed by atoms with Gasteiger partial charge in [-0.05, 0) is 26.7 Å². The van der Waals surface area contributed by atoms with Gasteiger partial charge in [0.1, 0.15) is 12.2 Å². The van der Waals surface area contributed by atoms with Crippen LogP contribution in [0.15, 0.2) is 12.7 Å². The monoisotopic (exact) mass is 268 g/mol. The van der Waals surface area contributed by atoms with Crippen LogP contribution >= 0.6 is 0 Å². The van der Waals surface area contributed by atoms with Gasteiger partial charge in [0.05, 0.1) is 6.61 Å². The molecule has 19 heavy (non-hydrogen) atoms. The van der Waals surface area contributed by atoms with E-state index in [0.717, 1.165) is 12.8 Å². The minimum absolute atomic E-state index is 0.184. The number of carbonyl (C=O) groups is 1. The van der Waals surface area contributed by atoms with Crippen molar-refractivity contribution in [1.29, 1.82) is 0 Å². The van der Waals surface area contributed by atoms with Crippen LogP contribution < -0.4 is 0 Å². The minimum atomic E-state index is -0.514. The molecule has 1 saturated carbocycles. The maximum atomic E-state index is 11.2. The van der Waals surface area contributed by atoms with E-state index < -0.39 is 11.8 Å². The van der Waals surface area contributed by atoms with Gasteiger partial charge in [0.2, 0.25) is 0 Å². The Morgan fingerprint density at radius 2 is 2.11 bits per heavy atom. The molecule has 1 aliphatic heterocycles. The van der Waals surface area contributed by atoms with Crippen molar-refractivity contribution in [3.63, 3.8) is 0 Å². The van der Waals surface area contributed by atoms with E-state index in [1.54, 1.807) is 0 Å². The Hall–Kier alpha value is -0.870. The quantitative estimate of drug-likeness (QED) is 0.581. The van der Waals surface area contributed by atoms with Crippen molar-refractivity contribution < 1.29 is 19.0 Å². The van der Waals surface area contributed by atoms with Crippen LogP contribution in [0.25, 0.3) is 0 Å². The van der Waals surface area contributed by atoms with Crippen molar-refractivity contribution in [3.05, 3.63) is 12.7 Å². The molecule has 2 fully saturated rings. The van der Waals surface area contributed by atoms with E-state index in [9.17, 15) is 4.79 Å². The molecular formula is C15H24O4. The zero-order valence-corrected chi connectivity index (χ0v) is 11.9. The van der Waals surface area contributed by atoms with Crippen LogP contribution in [0.1, 0.15) is 46.0 Å². The summed E-state index contributed by atoms with van der Waals surface area (Å²) in [5.74, 6) is -0.476. The molecule has 1 heterocycles. The van der Waals surface area contributed by atoms with Crippen LogP contribution in [0.4, 0.5) is 0 Å². The zero-order valence-electron chi connectivity index (χ0n) is 11.9. The van der Waals surface area contributed by atoms with Gasteiger partial charge in [-0.3, -0.25) is 0 Å². The summed E-state index contributed by atoms with van der Waals surface area (Å²) in [7, 11) is 0. The first-order valence-electron chi connectivity index (χ1n) is 7.20. The molecule has 2 rings (SSSR count). The molecule has 0 aromatic carbocycles. The number of ether oxygens (including phenoxy) is 3. The van der Waals surface area contributed by atoms with Gasteiger partial charge in [0, 0.05) is 12.0 Å². The predicted octanol–water partition coefficient (Wildman–Crippen LogP) is 2.82. The van der Waals surface area contributed by atoms with Gasteiger partial charge < -0.3 is 14.2 Å². The van der Waals surface area contributed by atoms with Crippen molar-refractivity contribution >= 4 is 5.97 Å². The van der Waals surface area contributed by atoms with E-state index in [1.165, 1.54) is 25.3 Å². The Morgan fingerprint density at radius 1 is 1.42 bits per heavy atom. The smallest absolute Gasteiger partial charge is 0.330 e. The molecule has 0 aromatic rings. The first kappa shape index (κ1) is 14.5. The van der Waals surface area contributed by atoms with Gasteiger partial charge in [0.15, 0.2) is 5.79 Å². The molecule has 2 aliphatic rings. The highest BCUT2D eigenvalue weighted by atomic mass is 16.8. The molecule has 0 amide bonds. The lowest BCUT2D eigenvalue weighted by molar-refractivity contribution is -0.207. The Kier molecular flexibility index (Phi) is 4.63. The molecule has 4 heteroatoms. The minimum Gasteiger partial charge on any atom is -0.457 e. The van der Waals surface area contributed by atoms with Gasteiger partial charge in [-0.15, -0.1) is 0 Å². The number of hydrogen-bond acceptors (Lipinski definition) is 4. The van der Waals surface area contributed by atoms with Crippen molar-refractivity contribution in [2.24, 2.45) is 5.92 Å². The fourth-order valence-electron chi connectivity index (χ4n) is 3.00. The van der Waals surface area contributed by atoms with E-state index in [0.29, 0.717) is 12.5 Å². The molecule has 0 aromatic heterocycles. The highest BCUT2D eigenvalue weighted by molar-refractivity contribution is 5.81. The number of esters is 1. The Labute approximate surface area is 115 Å². The molecule has 4 nitrogen and oxygen atoms in total. The number of rotatable bonds is 4. The second-order valence-electron chi connectivity index (χ2n) is 5.66. The van der Waals surface area contributed by atoms with Gasteiger partial charge in [0.25, 0.3) is 0 Å². The highest BCUT2D eigenvalue weighted by Crippen LogP contribution is 2.40. The van der Waals surface area contributed by atoms with Crippen LogP contribution in [-0.2, 0) is 19.0 Å². The van der Waals surface area contributed by atoms with E-state index in [2.05, 4.69) is 6.58 Å². The van der Waals surface area contributed by atoms with Crippen LogP contribution in [0.3, 0.4) is 0 Å². The molecule has 3 unspecified atom stereocenters. The van der Waals surface area contributed by atoms with Crippen molar-refractivity contribution in [1.82, 2.24) is 0 Å². The Morgan fingerprint density at radius 3 is 2.74 bits per heavy atom. The molecular weight excluding hydrogens is 244 g/mol. The van der Waals surface area contributed by atoms with Crippen molar-refractivity contribution in [2.75, 3.05) is 6.61 Å². The van der Waals surface area contributed by atoms with Crippen LogP contribution in [0.5, 0.6) is 0 Å². The lowest BCUT2D eigenvalue weighted by Crippen LogP contribution is -2.39. The largest absolute Gasteiger partial charge is 0.457 e. The van der Waals surface area contributed by atoms with Gasteiger partial charge in [-0.2, -0.15) is 0 Å². The average molecular weight is 268 g/mol. The third-order valence-electron chi connectivity index (χ3n) is 4.26. The van der Waals surface area contributed by atoms with Crippen LogP contribution in [-0.4, -0.2) is 30.6 Å². The normalized spacial score (nSPS) is 33.9. The Balaban J connectivity index is 1.90. The molecule has 0 spiro atoms. The second-order valence-corrected chi connectivity index (χ2v) is 5.66. The van der Waals surface area contributed by atoms with Gasteiger partial charge >= 0.3 is 5.97 Å². The molecule has 3 atom stereocenters. The van der Waals surface area contributed by atoms with Crippen molar-refractivity contribution in [3.8, 4) is 0 Å². The standard InChI is InChI=1S/C15H24O4/c1-4-14(16)18-11(2)13-10-17-15(3,19-13)12-8-6-5-7-9-12/h4,11-13H,1,5-10H2,2-3H3. The van der Waals surface area contributed by atoms with E-state index in [1.807, 2.05) is 13.8 Å². The third-order valence-corrected chi connectivity index (χ3v) is 4.26. The summed E-state index contributed by atoms with van der Waals surface area (Å²) < 4.78 is 17.2. The van der Waals surface area contributed by atoms with Gasteiger partial charge in [-0.25, -0.2) is 4.79 Å². The molecule has 0 bridgehead atoms. The SMILES string of the molecule is C=CC(=O)OC(C)C1COC(C)(C2CCCCC2)O1. The topological polar surface area (TPSA) is 44.8 Å². The van der Waals surface area contributed by atoms with Gasteiger partial charge in [-0.1, -0.05) is 25.8 Å². The maximum absolute atomic E-state index is 11.2. The summed E-state index contributed by atoms with van der Waals surface area (Å²) in [6.07, 6.45) is 6.80. The summed E-state index contributed by atoms with van der Waals surface area (Å²) in [6.45, 7) is 7.73. The summed E-state index contributed by atoms with van der Waals surface area (Å²) in [6, 6.07) is 0. The maximum Gasteiger partial charge on any atom is 0.330 e. The summed E-state index contributed by atoms with van der Waals surface area (Å²) in [4.78, 5) is 11.2. The lowest BCUT2D eigenvalue weighted by atomic mass is 9.84.